The molecule has 2 aromatic rings. The number of rotatable bonds is 3. The lowest BCUT2D eigenvalue weighted by atomic mass is 10.1. The Morgan fingerprint density at radius 1 is 1.23 bits per heavy atom. The van der Waals surface area contributed by atoms with Crippen LogP contribution in [0.5, 0.6) is 0 Å². The van der Waals surface area contributed by atoms with Crippen LogP contribution < -0.4 is 0 Å². The predicted octanol–water partition coefficient (Wildman–Crippen LogP) is 0.793. The molecule has 1 aromatic heterocycles. The van der Waals surface area contributed by atoms with Gasteiger partial charge in [-0.15, -0.1) is 5.10 Å². The second kappa shape index (κ2) is 5.90. The van der Waals surface area contributed by atoms with Crippen LogP contribution in [0.25, 0.3) is 11.5 Å². The summed E-state index contributed by atoms with van der Waals surface area (Å²) >= 11 is 5.10. The average molecular weight is 324 g/mol. The molecular weight excluding hydrogens is 308 g/mol. The van der Waals surface area contributed by atoms with E-state index in [1.54, 1.807) is 0 Å². The van der Waals surface area contributed by atoms with Gasteiger partial charge in [-0.3, -0.25) is 0 Å². The number of aliphatic hydroxyl groups excluding tert-OH is 3. The highest BCUT2D eigenvalue weighted by Crippen LogP contribution is 2.30. The zero-order valence-electron chi connectivity index (χ0n) is 11.8. The summed E-state index contributed by atoms with van der Waals surface area (Å²) in [5.74, 6) is 0.294. The molecular formula is C14H16N2O5S. The standard InChI is InChI=1S/C14H16N2O5S/c1-7-2-4-8(5-3-7)12-15-16(14(22)21-12)13-11(19)10(18)9(6-17)20-13/h2-5,9-11,13,17-19H,6H2,1H3/t9-,10+,11+,13-/m1/s1. The first-order valence-electron chi connectivity index (χ1n) is 6.80. The molecule has 1 aliphatic heterocycles. The highest BCUT2D eigenvalue weighted by atomic mass is 32.1. The maximum absolute atomic E-state index is 10.0. The molecule has 0 spiro atoms. The molecule has 3 N–H and O–H groups in total. The molecule has 118 valence electrons. The van der Waals surface area contributed by atoms with E-state index >= 15 is 0 Å². The van der Waals surface area contributed by atoms with Crippen molar-refractivity contribution in [2.45, 2.75) is 31.5 Å². The lowest BCUT2D eigenvalue weighted by Gasteiger charge is -2.13. The number of aliphatic hydroxyl groups is 3. The minimum absolute atomic E-state index is 0.0189. The highest BCUT2D eigenvalue weighted by Gasteiger charge is 2.44. The highest BCUT2D eigenvalue weighted by molar-refractivity contribution is 7.71. The van der Waals surface area contributed by atoms with Crippen molar-refractivity contribution in [3.63, 3.8) is 0 Å². The van der Waals surface area contributed by atoms with Gasteiger partial charge >= 0.3 is 0 Å². The van der Waals surface area contributed by atoms with Gasteiger partial charge in [0.2, 0.25) is 5.89 Å². The van der Waals surface area contributed by atoms with Crippen molar-refractivity contribution in [2.24, 2.45) is 0 Å². The van der Waals surface area contributed by atoms with Gasteiger partial charge in [-0.2, -0.15) is 4.68 Å². The van der Waals surface area contributed by atoms with E-state index in [1.165, 1.54) is 4.68 Å². The van der Waals surface area contributed by atoms with E-state index in [2.05, 4.69) is 5.10 Å². The molecule has 1 aromatic carbocycles. The van der Waals surface area contributed by atoms with Gasteiger partial charge in [-0.05, 0) is 31.3 Å². The van der Waals surface area contributed by atoms with Crippen LogP contribution in [0.1, 0.15) is 11.8 Å². The SMILES string of the molecule is Cc1ccc(-c2nn([C@@H]3O[C@H](CO)[C@H](O)[C@@H]3O)c(=S)o2)cc1. The Bertz CT molecular complexity index is 711. The maximum atomic E-state index is 10.0. The number of hydrogen-bond acceptors (Lipinski definition) is 7. The largest absolute Gasteiger partial charge is 0.409 e. The third-order valence-electron chi connectivity index (χ3n) is 3.63. The normalized spacial score (nSPS) is 28.2. The van der Waals surface area contributed by atoms with Crippen LogP contribution >= 0.6 is 12.2 Å². The second-order valence-corrected chi connectivity index (χ2v) is 5.56. The molecule has 1 saturated heterocycles. The molecule has 22 heavy (non-hydrogen) atoms. The number of ether oxygens (including phenoxy) is 1. The first-order valence-corrected chi connectivity index (χ1v) is 7.21. The zero-order chi connectivity index (χ0) is 15.9. The Kier molecular flexibility index (Phi) is 4.11. The molecule has 7 nitrogen and oxygen atoms in total. The van der Waals surface area contributed by atoms with Crippen LogP contribution in [0.2, 0.25) is 0 Å². The molecule has 4 atom stereocenters. The summed E-state index contributed by atoms with van der Waals surface area (Å²) in [6.07, 6.45) is -4.35. The smallest absolute Gasteiger partial charge is 0.289 e. The Morgan fingerprint density at radius 2 is 1.91 bits per heavy atom. The van der Waals surface area contributed by atoms with Crippen LogP contribution in [0.15, 0.2) is 28.7 Å². The van der Waals surface area contributed by atoms with Crippen molar-refractivity contribution in [2.75, 3.05) is 6.61 Å². The van der Waals surface area contributed by atoms with Crippen molar-refractivity contribution < 1.29 is 24.5 Å². The number of benzene rings is 1. The van der Waals surface area contributed by atoms with E-state index < -0.39 is 31.1 Å². The molecule has 3 rings (SSSR count). The van der Waals surface area contributed by atoms with Crippen molar-refractivity contribution in [3.8, 4) is 11.5 Å². The number of nitrogens with zero attached hydrogens (tertiary/aromatic N) is 2. The lowest BCUT2D eigenvalue weighted by molar-refractivity contribution is -0.0602. The van der Waals surface area contributed by atoms with E-state index in [-0.39, 0.29) is 4.84 Å². The fourth-order valence-corrected chi connectivity index (χ4v) is 2.57. The van der Waals surface area contributed by atoms with Crippen LogP contribution in [-0.2, 0) is 4.74 Å². The van der Waals surface area contributed by atoms with E-state index in [1.807, 2.05) is 31.2 Å². The van der Waals surface area contributed by atoms with Gasteiger partial charge in [0.05, 0.1) is 6.61 Å². The molecule has 0 unspecified atom stereocenters. The van der Waals surface area contributed by atoms with E-state index in [0.717, 1.165) is 11.1 Å². The van der Waals surface area contributed by atoms with Crippen molar-refractivity contribution in [1.29, 1.82) is 0 Å². The third kappa shape index (κ3) is 2.59. The topological polar surface area (TPSA) is 101 Å². The fraction of sp³-hybridized carbons (Fsp3) is 0.429. The molecule has 0 amide bonds. The minimum atomic E-state index is -1.25. The molecule has 0 aliphatic carbocycles. The molecule has 8 heteroatoms. The predicted molar refractivity (Wildman–Crippen MR) is 78.5 cm³/mol. The molecule has 0 radical (unpaired) electrons. The maximum Gasteiger partial charge on any atom is 0.289 e. The van der Waals surface area contributed by atoms with Crippen LogP contribution in [0.3, 0.4) is 0 Å². The van der Waals surface area contributed by atoms with Gasteiger partial charge < -0.3 is 24.5 Å². The third-order valence-corrected chi connectivity index (χ3v) is 3.90. The minimum Gasteiger partial charge on any atom is -0.409 e. The van der Waals surface area contributed by atoms with Gasteiger partial charge in [0.25, 0.3) is 4.84 Å². The van der Waals surface area contributed by atoms with Gasteiger partial charge in [0, 0.05) is 5.56 Å². The number of hydrogen-bond donors (Lipinski definition) is 3. The van der Waals surface area contributed by atoms with Crippen LogP contribution in [0.4, 0.5) is 0 Å². The first kappa shape index (κ1) is 15.3. The molecule has 0 bridgehead atoms. The fourth-order valence-electron chi connectivity index (χ4n) is 2.34. The average Bonchev–Trinajstić information content (AvgIpc) is 3.02. The molecule has 1 fully saturated rings. The summed E-state index contributed by atoms with van der Waals surface area (Å²) in [7, 11) is 0. The Labute approximate surface area is 131 Å². The molecule has 2 heterocycles. The van der Waals surface area contributed by atoms with Gasteiger partial charge in [-0.1, -0.05) is 17.7 Å². The monoisotopic (exact) mass is 324 g/mol. The lowest BCUT2D eigenvalue weighted by Crippen LogP contribution is -2.33. The summed E-state index contributed by atoms with van der Waals surface area (Å²) in [6, 6.07) is 7.52. The van der Waals surface area contributed by atoms with Gasteiger partial charge in [-0.25, -0.2) is 0 Å². The van der Waals surface area contributed by atoms with E-state index in [9.17, 15) is 10.2 Å². The summed E-state index contributed by atoms with van der Waals surface area (Å²) in [5, 5.41) is 33.1. The van der Waals surface area contributed by atoms with E-state index in [0.29, 0.717) is 5.89 Å². The first-order chi connectivity index (χ1) is 10.5. The van der Waals surface area contributed by atoms with Crippen molar-refractivity contribution in [3.05, 3.63) is 34.7 Å². The van der Waals surface area contributed by atoms with Crippen LogP contribution in [0, 0.1) is 11.8 Å². The van der Waals surface area contributed by atoms with Gasteiger partial charge in [0.1, 0.15) is 18.3 Å². The zero-order valence-corrected chi connectivity index (χ0v) is 12.6. The summed E-state index contributed by atoms with van der Waals surface area (Å²) in [4.78, 5) is 0.0189. The number of aryl methyl sites for hydroxylation is 1. The number of aromatic nitrogens is 2. The molecule has 0 saturated carbocycles. The quantitative estimate of drug-likeness (QED) is 0.718. The van der Waals surface area contributed by atoms with Crippen molar-refractivity contribution in [1.82, 2.24) is 9.78 Å². The van der Waals surface area contributed by atoms with Gasteiger partial charge in [0.15, 0.2) is 6.23 Å². The summed E-state index contributed by atoms with van der Waals surface area (Å²) in [5.41, 5.74) is 1.84. The Balaban J connectivity index is 1.93. The summed E-state index contributed by atoms with van der Waals surface area (Å²) in [6.45, 7) is 1.56. The summed E-state index contributed by atoms with van der Waals surface area (Å²) < 4.78 is 12.0. The Morgan fingerprint density at radius 3 is 2.50 bits per heavy atom. The van der Waals surface area contributed by atoms with Crippen molar-refractivity contribution >= 4 is 12.2 Å². The Hall–Kier alpha value is -1.58. The second-order valence-electron chi connectivity index (χ2n) is 5.21. The van der Waals surface area contributed by atoms with Crippen LogP contribution in [-0.4, -0.2) is 50.0 Å². The molecule has 1 aliphatic rings. The van der Waals surface area contributed by atoms with E-state index in [4.69, 9.17) is 26.5 Å².